The van der Waals surface area contributed by atoms with Gasteiger partial charge in [-0.1, -0.05) is 0 Å². The number of oxazole rings is 1. The second-order valence-electron chi connectivity index (χ2n) is 4.23. The van der Waals surface area contributed by atoms with Crippen LogP contribution in [0.1, 0.15) is 17.8 Å². The Morgan fingerprint density at radius 1 is 1.37 bits per heavy atom. The Morgan fingerprint density at radius 3 is 2.95 bits per heavy atom. The molecule has 4 nitrogen and oxygen atoms in total. The molecule has 0 amide bonds. The van der Waals surface area contributed by atoms with E-state index in [-0.39, 0.29) is 6.04 Å². The van der Waals surface area contributed by atoms with Crippen LogP contribution in [0.5, 0.6) is 0 Å². The standard InChI is InChI=1S/C13H11BrN2O2S/c1-7(11-4-5-12(14)19-11)15-8-2-3-10-9(6-8)16-13(17)18-10/h2-7,15H,1H3,(H,16,17). The van der Waals surface area contributed by atoms with Gasteiger partial charge in [-0.25, -0.2) is 4.79 Å². The summed E-state index contributed by atoms with van der Waals surface area (Å²) in [4.78, 5) is 15.0. The van der Waals surface area contributed by atoms with Crippen molar-refractivity contribution in [3.63, 3.8) is 0 Å². The van der Waals surface area contributed by atoms with Crippen LogP contribution in [0.4, 0.5) is 5.69 Å². The van der Waals surface area contributed by atoms with Crippen LogP contribution in [0.3, 0.4) is 0 Å². The summed E-state index contributed by atoms with van der Waals surface area (Å²) in [7, 11) is 0. The van der Waals surface area contributed by atoms with Gasteiger partial charge in [0, 0.05) is 10.6 Å². The highest BCUT2D eigenvalue weighted by Crippen LogP contribution is 2.29. The van der Waals surface area contributed by atoms with E-state index < -0.39 is 5.76 Å². The molecule has 0 spiro atoms. The molecule has 6 heteroatoms. The maximum Gasteiger partial charge on any atom is 0.417 e. The van der Waals surface area contributed by atoms with Crippen LogP contribution in [-0.4, -0.2) is 4.98 Å². The monoisotopic (exact) mass is 338 g/mol. The number of hydrogen-bond donors (Lipinski definition) is 2. The predicted molar refractivity (Wildman–Crippen MR) is 80.9 cm³/mol. The number of benzene rings is 1. The minimum absolute atomic E-state index is 0.201. The van der Waals surface area contributed by atoms with Crippen LogP contribution in [0, 0.1) is 0 Å². The number of nitrogens with one attached hydrogen (secondary N) is 2. The van der Waals surface area contributed by atoms with E-state index in [0.717, 1.165) is 9.47 Å². The zero-order valence-corrected chi connectivity index (χ0v) is 12.5. The van der Waals surface area contributed by atoms with Crippen LogP contribution in [0.2, 0.25) is 0 Å². The highest BCUT2D eigenvalue weighted by atomic mass is 79.9. The third-order valence-corrected chi connectivity index (χ3v) is 4.63. The van der Waals surface area contributed by atoms with E-state index in [4.69, 9.17) is 4.42 Å². The molecule has 2 N–H and O–H groups in total. The molecule has 2 aromatic heterocycles. The first-order valence-corrected chi connectivity index (χ1v) is 7.37. The molecule has 1 unspecified atom stereocenters. The molecule has 3 rings (SSSR count). The van der Waals surface area contributed by atoms with Gasteiger partial charge in [0.25, 0.3) is 0 Å². The molecular weight excluding hydrogens is 328 g/mol. The lowest BCUT2D eigenvalue weighted by atomic mass is 10.2. The van der Waals surface area contributed by atoms with Gasteiger partial charge in [-0.05, 0) is 53.2 Å². The van der Waals surface area contributed by atoms with Gasteiger partial charge < -0.3 is 9.73 Å². The topological polar surface area (TPSA) is 58.0 Å². The Morgan fingerprint density at radius 2 is 2.21 bits per heavy atom. The van der Waals surface area contributed by atoms with Crippen LogP contribution < -0.4 is 11.1 Å². The molecule has 98 valence electrons. The SMILES string of the molecule is CC(Nc1ccc2oc(=O)[nH]c2c1)c1ccc(Br)s1. The largest absolute Gasteiger partial charge is 0.417 e. The van der Waals surface area contributed by atoms with Crippen LogP contribution in [-0.2, 0) is 0 Å². The minimum atomic E-state index is -0.428. The summed E-state index contributed by atoms with van der Waals surface area (Å²) in [6.07, 6.45) is 0. The molecule has 0 fully saturated rings. The van der Waals surface area contributed by atoms with E-state index in [1.54, 1.807) is 17.4 Å². The molecule has 0 aliphatic rings. The van der Waals surface area contributed by atoms with Crippen molar-refractivity contribution in [2.75, 3.05) is 5.32 Å². The highest BCUT2D eigenvalue weighted by molar-refractivity contribution is 9.11. The fourth-order valence-electron chi connectivity index (χ4n) is 1.92. The number of halogens is 1. The lowest BCUT2D eigenvalue weighted by molar-refractivity contribution is 0.555. The van der Waals surface area contributed by atoms with Crippen molar-refractivity contribution < 1.29 is 4.42 Å². The Kier molecular flexibility index (Phi) is 3.20. The smallest absolute Gasteiger partial charge is 0.408 e. The summed E-state index contributed by atoms with van der Waals surface area (Å²) < 4.78 is 6.09. The maximum atomic E-state index is 11.1. The van der Waals surface area contributed by atoms with Gasteiger partial charge in [-0.15, -0.1) is 11.3 Å². The third-order valence-electron chi connectivity index (χ3n) is 2.82. The quantitative estimate of drug-likeness (QED) is 0.755. The molecule has 0 saturated heterocycles. The molecule has 0 radical (unpaired) electrons. The van der Waals surface area contributed by atoms with Crippen LogP contribution >= 0.6 is 27.3 Å². The van der Waals surface area contributed by atoms with E-state index in [9.17, 15) is 4.79 Å². The average Bonchev–Trinajstić information content (AvgIpc) is 2.93. The molecular formula is C13H11BrN2O2S. The fourth-order valence-corrected chi connectivity index (χ4v) is 3.35. The highest BCUT2D eigenvalue weighted by Gasteiger charge is 2.09. The first kappa shape index (κ1) is 12.5. The molecule has 0 aliphatic carbocycles. The Balaban J connectivity index is 1.86. The summed E-state index contributed by atoms with van der Waals surface area (Å²) in [6.45, 7) is 2.10. The zero-order valence-electron chi connectivity index (χ0n) is 10.1. The number of fused-ring (bicyclic) bond motifs is 1. The summed E-state index contributed by atoms with van der Waals surface area (Å²) in [5, 5.41) is 3.40. The molecule has 1 atom stereocenters. The van der Waals surface area contributed by atoms with Gasteiger partial charge in [0.1, 0.15) is 0 Å². The summed E-state index contributed by atoms with van der Waals surface area (Å²) in [6, 6.07) is 9.89. The molecule has 2 heterocycles. The fraction of sp³-hybridized carbons (Fsp3) is 0.154. The van der Waals surface area contributed by atoms with E-state index >= 15 is 0 Å². The van der Waals surface area contributed by atoms with Gasteiger partial charge in [0.2, 0.25) is 0 Å². The van der Waals surface area contributed by atoms with E-state index in [0.29, 0.717) is 11.1 Å². The van der Waals surface area contributed by atoms with Gasteiger partial charge in [0.15, 0.2) is 5.58 Å². The molecule has 1 aromatic carbocycles. The number of hydrogen-bond acceptors (Lipinski definition) is 4. The number of H-pyrrole nitrogens is 1. The van der Waals surface area contributed by atoms with E-state index in [2.05, 4.69) is 39.2 Å². The Labute approximate surface area is 121 Å². The Bertz CT molecular complexity index is 774. The van der Waals surface area contributed by atoms with Crippen LogP contribution in [0.15, 0.2) is 43.3 Å². The number of thiophene rings is 1. The van der Waals surface area contributed by atoms with Crippen molar-refractivity contribution in [1.29, 1.82) is 0 Å². The first-order valence-electron chi connectivity index (χ1n) is 5.76. The second-order valence-corrected chi connectivity index (χ2v) is 6.73. The van der Waals surface area contributed by atoms with Gasteiger partial charge in [0.05, 0.1) is 15.3 Å². The van der Waals surface area contributed by atoms with E-state index in [1.807, 2.05) is 18.2 Å². The molecule has 19 heavy (non-hydrogen) atoms. The minimum Gasteiger partial charge on any atom is -0.408 e. The summed E-state index contributed by atoms with van der Waals surface area (Å²) in [5.74, 6) is -0.428. The number of aromatic amines is 1. The van der Waals surface area contributed by atoms with Crippen molar-refractivity contribution in [2.24, 2.45) is 0 Å². The number of anilines is 1. The molecule has 0 saturated carbocycles. The summed E-state index contributed by atoms with van der Waals surface area (Å²) in [5.41, 5.74) is 2.22. The van der Waals surface area contributed by atoms with Crippen LogP contribution in [0.25, 0.3) is 11.1 Å². The van der Waals surface area contributed by atoms with Crippen molar-refractivity contribution in [3.05, 3.63) is 49.5 Å². The van der Waals surface area contributed by atoms with Crippen molar-refractivity contribution >= 4 is 44.1 Å². The van der Waals surface area contributed by atoms with Gasteiger partial charge >= 0.3 is 5.76 Å². The lowest BCUT2D eigenvalue weighted by Gasteiger charge is -2.13. The van der Waals surface area contributed by atoms with E-state index in [1.165, 1.54) is 4.88 Å². The average molecular weight is 339 g/mol. The zero-order chi connectivity index (χ0) is 13.4. The Hall–Kier alpha value is -1.53. The molecule has 3 aromatic rings. The van der Waals surface area contributed by atoms with Crippen molar-refractivity contribution in [1.82, 2.24) is 4.98 Å². The summed E-state index contributed by atoms with van der Waals surface area (Å²) >= 11 is 5.16. The van der Waals surface area contributed by atoms with Crippen molar-refractivity contribution in [3.8, 4) is 0 Å². The predicted octanol–water partition coefficient (Wildman–Crippen LogP) is 4.12. The number of aromatic nitrogens is 1. The molecule has 0 bridgehead atoms. The second kappa shape index (κ2) is 4.86. The first-order chi connectivity index (χ1) is 9.11. The number of rotatable bonds is 3. The van der Waals surface area contributed by atoms with Crippen molar-refractivity contribution in [2.45, 2.75) is 13.0 Å². The molecule has 0 aliphatic heterocycles. The third kappa shape index (κ3) is 2.59. The van der Waals surface area contributed by atoms with Gasteiger partial charge in [-0.2, -0.15) is 0 Å². The lowest BCUT2D eigenvalue weighted by Crippen LogP contribution is -2.04. The van der Waals surface area contributed by atoms with Gasteiger partial charge in [-0.3, -0.25) is 4.98 Å². The maximum absolute atomic E-state index is 11.1. The normalized spacial score (nSPS) is 12.7.